The van der Waals surface area contributed by atoms with Crippen LogP contribution in [0.25, 0.3) is 0 Å². The maximum absolute atomic E-state index is 9.67. The van der Waals surface area contributed by atoms with E-state index in [-0.39, 0.29) is 6.10 Å². The molecule has 1 aliphatic heterocycles. The Labute approximate surface area is 113 Å². The predicted molar refractivity (Wildman–Crippen MR) is 76.6 cm³/mol. The molecule has 0 aromatic carbocycles. The van der Waals surface area contributed by atoms with Crippen LogP contribution in [0.4, 0.5) is 0 Å². The number of likely N-dealkylation sites (tertiary alicyclic amines) is 1. The van der Waals surface area contributed by atoms with Crippen molar-refractivity contribution in [2.24, 2.45) is 17.8 Å². The standard InChI is InChI=1S/C16H31NO/c1-12(2)15-6-4-14(5-7-15)11-17-9-8-16(18)10-13(17)3/h12-16,18H,4-11H2,1-3H3. The number of hydrogen-bond donors (Lipinski definition) is 1. The van der Waals surface area contributed by atoms with E-state index in [1.165, 1.54) is 32.2 Å². The van der Waals surface area contributed by atoms with Crippen molar-refractivity contribution in [3.8, 4) is 0 Å². The molecule has 0 amide bonds. The highest BCUT2D eigenvalue weighted by molar-refractivity contribution is 4.82. The molecule has 1 saturated carbocycles. The van der Waals surface area contributed by atoms with Gasteiger partial charge in [-0.3, -0.25) is 0 Å². The molecule has 1 N–H and O–H groups in total. The Hall–Kier alpha value is -0.0800. The summed E-state index contributed by atoms with van der Waals surface area (Å²) < 4.78 is 0. The van der Waals surface area contributed by atoms with Gasteiger partial charge in [0.25, 0.3) is 0 Å². The van der Waals surface area contributed by atoms with Gasteiger partial charge >= 0.3 is 0 Å². The van der Waals surface area contributed by atoms with Gasteiger partial charge in [-0.2, -0.15) is 0 Å². The number of aliphatic hydroxyl groups excluding tert-OH is 1. The Morgan fingerprint density at radius 2 is 1.78 bits per heavy atom. The molecule has 2 heteroatoms. The Morgan fingerprint density at radius 1 is 1.11 bits per heavy atom. The van der Waals surface area contributed by atoms with Crippen molar-refractivity contribution >= 4 is 0 Å². The van der Waals surface area contributed by atoms with Crippen LogP contribution in [0.5, 0.6) is 0 Å². The monoisotopic (exact) mass is 253 g/mol. The fraction of sp³-hybridized carbons (Fsp3) is 1.00. The van der Waals surface area contributed by atoms with Crippen molar-refractivity contribution in [1.29, 1.82) is 0 Å². The summed E-state index contributed by atoms with van der Waals surface area (Å²) in [6.45, 7) is 9.41. The Kier molecular flexibility index (Phi) is 5.08. The second kappa shape index (κ2) is 6.38. The molecular weight excluding hydrogens is 222 g/mol. The quantitative estimate of drug-likeness (QED) is 0.834. The molecule has 0 spiro atoms. The maximum atomic E-state index is 9.67. The first kappa shape index (κ1) is 14.3. The first-order chi connectivity index (χ1) is 8.56. The third-order valence-corrected chi connectivity index (χ3v) is 5.31. The molecule has 2 aliphatic rings. The van der Waals surface area contributed by atoms with E-state index in [0.29, 0.717) is 6.04 Å². The van der Waals surface area contributed by atoms with Gasteiger partial charge in [-0.15, -0.1) is 0 Å². The van der Waals surface area contributed by atoms with Crippen LogP contribution in [0.2, 0.25) is 0 Å². The molecule has 1 saturated heterocycles. The molecular formula is C16H31NO. The minimum atomic E-state index is -0.0482. The van der Waals surface area contributed by atoms with Crippen molar-refractivity contribution in [2.75, 3.05) is 13.1 Å². The largest absolute Gasteiger partial charge is 0.393 e. The van der Waals surface area contributed by atoms with Crippen molar-refractivity contribution in [2.45, 2.75) is 71.4 Å². The van der Waals surface area contributed by atoms with Gasteiger partial charge in [-0.25, -0.2) is 0 Å². The van der Waals surface area contributed by atoms with Crippen LogP contribution >= 0.6 is 0 Å². The van der Waals surface area contributed by atoms with Crippen LogP contribution in [0.1, 0.15) is 59.3 Å². The highest BCUT2D eigenvalue weighted by Gasteiger charge is 2.28. The SMILES string of the molecule is CC(C)C1CCC(CN2CCC(O)CC2C)CC1. The van der Waals surface area contributed by atoms with Crippen LogP contribution < -0.4 is 0 Å². The lowest BCUT2D eigenvalue weighted by Gasteiger charge is -2.40. The summed E-state index contributed by atoms with van der Waals surface area (Å²) in [6, 6.07) is 0.580. The Balaban J connectivity index is 1.74. The number of rotatable bonds is 3. The van der Waals surface area contributed by atoms with Crippen molar-refractivity contribution in [3.05, 3.63) is 0 Å². The fourth-order valence-electron chi connectivity index (χ4n) is 3.84. The van der Waals surface area contributed by atoms with Crippen LogP contribution in [0.15, 0.2) is 0 Å². The molecule has 2 fully saturated rings. The van der Waals surface area contributed by atoms with E-state index in [2.05, 4.69) is 25.7 Å². The van der Waals surface area contributed by atoms with E-state index in [1.807, 2.05) is 0 Å². The number of hydrogen-bond acceptors (Lipinski definition) is 2. The van der Waals surface area contributed by atoms with Crippen LogP contribution in [0, 0.1) is 17.8 Å². The molecule has 1 heterocycles. The van der Waals surface area contributed by atoms with Gasteiger partial charge < -0.3 is 10.0 Å². The second-order valence-corrected chi connectivity index (χ2v) is 7.05. The van der Waals surface area contributed by atoms with Gasteiger partial charge in [0.15, 0.2) is 0 Å². The molecule has 2 unspecified atom stereocenters. The summed E-state index contributed by atoms with van der Waals surface area (Å²) in [6.07, 6.45) is 7.63. The van der Waals surface area contributed by atoms with Crippen molar-refractivity contribution in [1.82, 2.24) is 4.90 Å². The molecule has 1 aliphatic carbocycles. The lowest BCUT2D eigenvalue weighted by Crippen LogP contribution is -2.45. The lowest BCUT2D eigenvalue weighted by atomic mass is 9.76. The third kappa shape index (κ3) is 3.71. The normalized spacial score (nSPS) is 39.2. The van der Waals surface area contributed by atoms with Gasteiger partial charge in [-0.1, -0.05) is 13.8 Å². The van der Waals surface area contributed by atoms with Crippen molar-refractivity contribution in [3.63, 3.8) is 0 Å². The molecule has 0 bridgehead atoms. The van der Waals surface area contributed by atoms with E-state index in [4.69, 9.17) is 0 Å². The van der Waals surface area contributed by atoms with Crippen LogP contribution in [-0.4, -0.2) is 35.2 Å². The zero-order chi connectivity index (χ0) is 13.1. The van der Waals surface area contributed by atoms with Gasteiger partial charge in [-0.05, 0) is 63.2 Å². The van der Waals surface area contributed by atoms with Gasteiger partial charge in [0.2, 0.25) is 0 Å². The van der Waals surface area contributed by atoms with E-state index in [1.54, 1.807) is 0 Å². The zero-order valence-electron chi connectivity index (χ0n) is 12.4. The Morgan fingerprint density at radius 3 is 2.33 bits per heavy atom. The highest BCUT2D eigenvalue weighted by Crippen LogP contribution is 2.34. The van der Waals surface area contributed by atoms with Crippen LogP contribution in [-0.2, 0) is 0 Å². The lowest BCUT2D eigenvalue weighted by molar-refractivity contribution is 0.0336. The molecule has 2 nitrogen and oxygen atoms in total. The van der Waals surface area contributed by atoms with Gasteiger partial charge in [0.05, 0.1) is 6.10 Å². The first-order valence-electron chi connectivity index (χ1n) is 7.98. The van der Waals surface area contributed by atoms with E-state index in [9.17, 15) is 5.11 Å². The summed E-state index contributed by atoms with van der Waals surface area (Å²) >= 11 is 0. The van der Waals surface area contributed by atoms with E-state index < -0.39 is 0 Å². The second-order valence-electron chi connectivity index (χ2n) is 7.05. The van der Waals surface area contributed by atoms with Gasteiger partial charge in [0, 0.05) is 19.1 Å². The maximum Gasteiger partial charge on any atom is 0.0567 e. The van der Waals surface area contributed by atoms with E-state index >= 15 is 0 Å². The summed E-state index contributed by atoms with van der Waals surface area (Å²) in [5.74, 6) is 2.76. The average molecular weight is 253 g/mol. The summed E-state index contributed by atoms with van der Waals surface area (Å²) in [7, 11) is 0. The topological polar surface area (TPSA) is 23.5 Å². The average Bonchev–Trinajstić information content (AvgIpc) is 2.33. The summed E-state index contributed by atoms with van der Waals surface area (Å²) in [5.41, 5.74) is 0. The summed E-state index contributed by atoms with van der Waals surface area (Å²) in [5, 5.41) is 9.67. The number of piperidine rings is 1. The predicted octanol–water partition coefficient (Wildman–Crippen LogP) is 3.29. The number of nitrogens with zero attached hydrogens (tertiary/aromatic N) is 1. The third-order valence-electron chi connectivity index (χ3n) is 5.31. The minimum absolute atomic E-state index is 0.0482. The minimum Gasteiger partial charge on any atom is -0.393 e. The first-order valence-corrected chi connectivity index (χ1v) is 7.98. The number of aliphatic hydroxyl groups is 1. The molecule has 2 rings (SSSR count). The zero-order valence-corrected chi connectivity index (χ0v) is 12.4. The van der Waals surface area contributed by atoms with Gasteiger partial charge in [0.1, 0.15) is 0 Å². The fourth-order valence-corrected chi connectivity index (χ4v) is 3.84. The highest BCUT2D eigenvalue weighted by atomic mass is 16.3. The molecule has 18 heavy (non-hydrogen) atoms. The van der Waals surface area contributed by atoms with E-state index in [0.717, 1.165) is 37.1 Å². The summed E-state index contributed by atoms with van der Waals surface area (Å²) in [4.78, 5) is 2.62. The molecule has 2 atom stereocenters. The van der Waals surface area contributed by atoms with Crippen LogP contribution in [0.3, 0.4) is 0 Å². The molecule has 0 radical (unpaired) electrons. The Bertz CT molecular complexity index is 245. The molecule has 0 aromatic heterocycles. The van der Waals surface area contributed by atoms with Crippen molar-refractivity contribution < 1.29 is 5.11 Å². The molecule has 106 valence electrons. The molecule has 0 aromatic rings. The smallest absolute Gasteiger partial charge is 0.0567 e.